The molecule has 3 aromatic carbocycles. The van der Waals surface area contributed by atoms with Gasteiger partial charge >= 0.3 is 0 Å². The number of aromatic nitrogens is 1. The molecular weight excluding hydrogens is 462 g/mol. The molecule has 0 bridgehead atoms. The van der Waals surface area contributed by atoms with Gasteiger partial charge in [0.25, 0.3) is 17.5 Å². The smallest absolute Gasteiger partial charge is 0.273 e. The number of carbonyl (C=O) groups is 2. The van der Waals surface area contributed by atoms with Crippen LogP contribution in [0.5, 0.6) is 5.75 Å². The van der Waals surface area contributed by atoms with Gasteiger partial charge in [0, 0.05) is 29.6 Å². The number of nitrogens with zero attached hydrogens (tertiary/aromatic N) is 3. The third-order valence-corrected chi connectivity index (χ3v) is 5.23. The zero-order valence-electron chi connectivity index (χ0n) is 19.1. The average molecular weight is 483 g/mol. The van der Waals surface area contributed by atoms with Gasteiger partial charge in [-0.15, -0.1) is 0 Å². The lowest BCUT2D eigenvalue weighted by molar-refractivity contribution is -0.384. The fourth-order valence-electron chi connectivity index (χ4n) is 3.44. The average Bonchev–Trinajstić information content (AvgIpc) is 3.37. The molecule has 0 spiro atoms. The van der Waals surface area contributed by atoms with E-state index in [2.05, 4.69) is 15.8 Å². The van der Waals surface area contributed by atoms with Crippen LogP contribution in [0.2, 0.25) is 0 Å². The van der Waals surface area contributed by atoms with Gasteiger partial charge in [0.05, 0.1) is 35.2 Å². The summed E-state index contributed by atoms with van der Waals surface area (Å²) < 4.78 is 6.92. The van der Waals surface area contributed by atoms with Gasteiger partial charge in [-0.05, 0) is 54.6 Å². The summed E-state index contributed by atoms with van der Waals surface area (Å²) in [4.78, 5) is 35.9. The SMILES string of the molecule is COc1cccc(C(=O)Nc2ccccc2C(=O)N/N=C\c2cccn2-c2ccc([N+](=O)[O-])cc2)c1. The lowest BCUT2D eigenvalue weighted by Gasteiger charge is -2.10. The monoisotopic (exact) mass is 483 g/mol. The maximum atomic E-state index is 12.8. The Kier molecular flexibility index (Phi) is 7.16. The molecule has 0 aliphatic carbocycles. The predicted octanol–water partition coefficient (Wildman–Crippen LogP) is 4.41. The topological polar surface area (TPSA) is 128 Å². The summed E-state index contributed by atoms with van der Waals surface area (Å²) in [5.74, 6) is -0.360. The van der Waals surface area contributed by atoms with E-state index in [4.69, 9.17) is 4.74 Å². The quantitative estimate of drug-likeness (QED) is 0.218. The summed E-state index contributed by atoms with van der Waals surface area (Å²) in [5.41, 5.74) is 4.74. The molecule has 10 nitrogen and oxygen atoms in total. The second-order valence-electron chi connectivity index (χ2n) is 7.51. The van der Waals surface area contributed by atoms with Crippen LogP contribution in [0, 0.1) is 10.1 Å². The van der Waals surface area contributed by atoms with E-state index in [1.54, 1.807) is 83.6 Å². The standard InChI is InChI=1S/C26H21N5O5/c1-36-22-8-4-6-18(16-22)25(32)28-24-10-3-2-9-23(24)26(33)29-27-17-21-7-5-15-30(21)19-11-13-20(14-12-19)31(34)35/h2-17H,1H3,(H,28,32)(H,29,33)/b27-17-. The van der Waals surface area contributed by atoms with Gasteiger partial charge in [-0.2, -0.15) is 5.10 Å². The number of rotatable bonds is 8. The van der Waals surface area contributed by atoms with Crippen LogP contribution < -0.4 is 15.5 Å². The number of nitrogens with one attached hydrogen (secondary N) is 2. The first kappa shape index (κ1) is 23.9. The number of anilines is 1. The minimum Gasteiger partial charge on any atom is -0.497 e. The van der Waals surface area contributed by atoms with Gasteiger partial charge in [-0.1, -0.05) is 18.2 Å². The molecule has 0 aliphatic rings. The number of para-hydroxylation sites is 1. The van der Waals surface area contributed by atoms with E-state index < -0.39 is 16.7 Å². The summed E-state index contributed by atoms with van der Waals surface area (Å²) in [6.45, 7) is 0. The summed E-state index contributed by atoms with van der Waals surface area (Å²) in [5, 5.41) is 17.7. The van der Waals surface area contributed by atoms with Gasteiger partial charge in [0.2, 0.25) is 0 Å². The van der Waals surface area contributed by atoms with Crippen molar-refractivity contribution in [3.05, 3.63) is 118 Å². The van der Waals surface area contributed by atoms with E-state index in [-0.39, 0.29) is 11.3 Å². The minimum atomic E-state index is -0.513. The second-order valence-corrected chi connectivity index (χ2v) is 7.51. The lowest BCUT2D eigenvalue weighted by Crippen LogP contribution is -2.21. The number of carbonyl (C=O) groups excluding carboxylic acids is 2. The molecule has 2 amide bonds. The van der Waals surface area contributed by atoms with Crippen LogP contribution in [0.1, 0.15) is 26.4 Å². The van der Waals surface area contributed by atoms with Crippen LogP contribution >= 0.6 is 0 Å². The summed E-state index contributed by atoms with van der Waals surface area (Å²) >= 11 is 0. The first-order valence-electron chi connectivity index (χ1n) is 10.8. The van der Waals surface area contributed by atoms with Crippen molar-refractivity contribution >= 4 is 29.4 Å². The molecule has 0 atom stereocenters. The molecular formula is C26H21N5O5. The Bertz CT molecular complexity index is 1440. The number of hydrogen-bond donors (Lipinski definition) is 2. The van der Waals surface area contributed by atoms with E-state index in [1.165, 1.54) is 25.5 Å². The number of ether oxygens (including phenoxy) is 1. The molecule has 2 N–H and O–H groups in total. The highest BCUT2D eigenvalue weighted by atomic mass is 16.6. The molecule has 0 radical (unpaired) electrons. The Labute approximate surface area is 206 Å². The molecule has 0 saturated heterocycles. The van der Waals surface area contributed by atoms with Crippen molar-refractivity contribution in [2.24, 2.45) is 5.10 Å². The molecule has 36 heavy (non-hydrogen) atoms. The largest absolute Gasteiger partial charge is 0.497 e. The Morgan fingerprint density at radius 1 is 0.972 bits per heavy atom. The van der Waals surface area contributed by atoms with E-state index in [9.17, 15) is 19.7 Å². The van der Waals surface area contributed by atoms with Crippen LogP contribution in [0.25, 0.3) is 5.69 Å². The van der Waals surface area contributed by atoms with Crippen molar-refractivity contribution in [1.29, 1.82) is 0 Å². The zero-order valence-corrected chi connectivity index (χ0v) is 19.1. The van der Waals surface area contributed by atoms with Crippen LogP contribution in [-0.2, 0) is 0 Å². The summed E-state index contributed by atoms with van der Waals surface area (Å²) in [7, 11) is 1.51. The molecule has 180 valence electrons. The maximum absolute atomic E-state index is 12.8. The van der Waals surface area contributed by atoms with Crippen molar-refractivity contribution in [2.45, 2.75) is 0 Å². The number of hydrogen-bond acceptors (Lipinski definition) is 6. The number of nitro benzene ring substituents is 1. The molecule has 4 aromatic rings. The summed E-state index contributed by atoms with van der Waals surface area (Å²) in [6.07, 6.45) is 3.23. The molecule has 0 saturated carbocycles. The molecule has 0 unspecified atom stereocenters. The lowest BCUT2D eigenvalue weighted by atomic mass is 10.1. The number of nitro groups is 1. The van der Waals surface area contributed by atoms with Gasteiger partial charge in [-0.3, -0.25) is 19.7 Å². The van der Waals surface area contributed by atoms with Crippen LogP contribution in [0.15, 0.2) is 96.2 Å². The van der Waals surface area contributed by atoms with Crippen molar-refractivity contribution < 1.29 is 19.2 Å². The minimum absolute atomic E-state index is 0.00875. The first-order valence-corrected chi connectivity index (χ1v) is 10.8. The Morgan fingerprint density at radius 2 is 1.75 bits per heavy atom. The number of methoxy groups -OCH3 is 1. The molecule has 0 fully saturated rings. The normalized spacial score (nSPS) is 10.7. The van der Waals surface area contributed by atoms with E-state index >= 15 is 0 Å². The van der Waals surface area contributed by atoms with Gasteiger partial charge < -0.3 is 14.6 Å². The number of non-ortho nitro benzene ring substituents is 1. The predicted molar refractivity (Wildman–Crippen MR) is 135 cm³/mol. The second kappa shape index (κ2) is 10.8. The van der Waals surface area contributed by atoms with Crippen molar-refractivity contribution in [2.75, 3.05) is 12.4 Å². The third-order valence-electron chi connectivity index (χ3n) is 5.23. The first-order chi connectivity index (χ1) is 17.5. The highest BCUT2D eigenvalue weighted by Gasteiger charge is 2.14. The highest BCUT2D eigenvalue weighted by molar-refractivity contribution is 6.09. The van der Waals surface area contributed by atoms with Gasteiger partial charge in [-0.25, -0.2) is 5.43 Å². The van der Waals surface area contributed by atoms with Gasteiger partial charge in [0.1, 0.15) is 5.75 Å². The third kappa shape index (κ3) is 5.45. The number of benzene rings is 3. The van der Waals surface area contributed by atoms with Crippen molar-refractivity contribution in [3.8, 4) is 11.4 Å². The maximum Gasteiger partial charge on any atom is 0.273 e. The molecule has 1 heterocycles. The fourth-order valence-corrected chi connectivity index (χ4v) is 3.44. The van der Waals surface area contributed by atoms with Crippen molar-refractivity contribution in [1.82, 2.24) is 9.99 Å². The van der Waals surface area contributed by atoms with Gasteiger partial charge in [0.15, 0.2) is 0 Å². The van der Waals surface area contributed by atoms with Crippen LogP contribution in [0.3, 0.4) is 0 Å². The zero-order chi connectivity index (χ0) is 25.5. The fraction of sp³-hybridized carbons (Fsp3) is 0.0385. The number of amides is 2. The van der Waals surface area contributed by atoms with E-state index in [1.807, 2.05) is 0 Å². The Morgan fingerprint density at radius 3 is 2.50 bits per heavy atom. The number of hydrazone groups is 1. The molecule has 0 aliphatic heterocycles. The molecule has 4 rings (SSSR count). The van der Waals surface area contributed by atoms with E-state index in [0.29, 0.717) is 28.4 Å². The van der Waals surface area contributed by atoms with Crippen LogP contribution in [0.4, 0.5) is 11.4 Å². The Hall–Kier alpha value is -5.25. The van der Waals surface area contributed by atoms with Crippen molar-refractivity contribution in [3.63, 3.8) is 0 Å². The van der Waals surface area contributed by atoms with Crippen LogP contribution in [-0.4, -0.2) is 34.6 Å². The molecule has 1 aromatic heterocycles. The van der Waals surface area contributed by atoms with E-state index in [0.717, 1.165) is 0 Å². The summed E-state index contributed by atoms with van der Waals surface area (Å²) in [6, 6.07) is 22.9. The highest BCUT2D eigenvalue weighted by Crippen LogP contribution is 2.19. The Balaban J connectivity index is 1.46. The molecule has 10 heteroatoms.